The molecule has 1 rings (SSSR count). The molecule has 0 aliphatic carbocycles. The highest BCUT2D eigenvalue weighted by Gasteiger charge is 2.09. The second-order valence-electron chi connectivity index (χ2n) is 5.62. The zero-order valence-corrected chi connectivity index (χ0v) is 13.6. The lowest BCUT2D eigenvalue weighted by atomic mass is 10.0. The van der Waals surface area contributed by atoms with E-state index >= 15 is 0 Å². The molecule has 3 nitrogen and oxygen atoms in total. The summed E-state index contributed by atoms with van der Waals surface area (Å²) in [6.45, 7) is 8.90. The van der Waals surface area contributed by atoms with Crippen LogP contribution in [-0.2, 0) is 0 Å². The average Bonchev–Trinajstić information content (AvgIpc) is 2.47. The minimum Gasteiger partial charge on any atom is -0.497 e. The summed E-state index contributed by atoms with van der Waals surface area (Å²) in [7, 11) is 3.89. The Kier molecular flexibility index (Phi) is 7.63. The molecule has 0 bridgehead atoms. The van der Waals surface area contributed by atoms with Gasteiger partial charge in [-0.05, 0) is 64.5 Å². The molecule has 0 aromatic heterocycles. The van der Waals surface area contributed by atoms with Crippen molar-refractivity contribution in [1.82, 2.24) is 10.2 Å². The smallest absolute Gasteiger partial charge is 0.118 e. The molecule has 0 radical (unpaired) electrons. The lowest BCUT2D eigenvalue weighted by molar-refractivity contribution is 0.267. The predicted molar refractivity (Wildman–Crippen MR) is 86.4 cm³/mol. The summed E-state index contributed by atoms with van der Waals surface area (Å²) in [6.07, 6.45) is 2.29. The predicted octanol–water partition coefficient (Wildman–Crippen LogP) is 3.47. The second kappa shape index (κ2) is 8.98. The van der Waals surface area contributed by atoms with E-state index in [-0.39, 0.29) is 0 Å². The summed E-state index contributed by atoms with van der Waals surface area (Å²) in [4.78, 5) is 2.38. The van der Waals surface area contributed by atoms with Crippen LogP contribution in [0.2, 0.25) is 0 Å². The second-order valence-corrected chi connectivity index (χ2v) is 5.62. The fraction of sp³-hybridized carbons (Fsp3) is 0.647. The molecule has 1 N–H and O–H groups in total. The summed E-state index contributed by atoms with van der Waals surface area (Å²) in [5.41, 5.74) is 1.34. The molecule has 0 heterocycles. The van der Waals surface area contributed by atoms with E-state index in [2.05, 4.69) is 50.2 Å². The Morgan fingerprint density at radius 3 is 2.35 bits per heavy atom. The van der Waals surface area contributed by atoms with E-state index in [4.69, 9.17) is 4.74 Å². The maximum Gasteiger partial charge on any atom is 0.118 e. The van der Waals surface area contributed by atoms with E-state index < -0.39 is 0 Å². The van der Waals surface area contributed by atoms with Crippen molar-refractivity contribution < 1.29 is 4.74 Å². The van der Waals surface area contributed by atoms with Gasteiger partial charge in [0.1, 0.15) is 5.75 Å². The number of hydrogen-bond donors (Lipinski definition) is 1. The molecule has 114 valence electrons. The third-order valence-electron chi connectivity index (χ3n) is 3.89. The van der Waals surface area contributed by atoms with Crippen molar-refractivity contribution in [2.45, 2.75) is 45.7 Å². The Balaban J connectivity index is 2.39. The Hall–Kier alpha value is -1.06. The Labute approximate surface area is 124 Å². The zero-order chi connectivity index (χ0) is 15.0. The Bertz CT molecular complexity index is 362. The lowest BCUT2D eigenvalue weighted by Gasteiger charge is -2.22. The van der Waals surface area contributed by atoms with Gasteiger partial charge < -0.3 is 15.0 Å². The fourth-order valence-corrected chi connectivity index (χ4v) is 2.20. The molecule has 0 aliphatic heterocycles. The van der Waals surface area contributed by atoms with E-state index in [0.29, 0.717) is 12.1 Å². The third kappa shape index (κ3) is 5.51. The van der Waals surface area contributed by atoms with Gasteiger partial charge in [0.15, 0.2) is 0 Å². The number of hydrogen-bond acceptors (Lipinski definition) is 3. The summed E-state index contributed by atoms with van der Waals surface area (Å²) in [5, 5.41) is 3.65. The molecular formula is C17H30N2O. The standard InChI is InChI=1S/C17H30N2O/c1-6-17(15-8-10-16(20-5)11-9-15)18-12-7-13-19(4)14(2)3/h8-11,14,17-18H,6-7,12-13H2,1-5H3. The first kappa shape index (κ1) is 17.0. The molecular weight excluding hydrogens is 248 g/mol. The molecule has 3 heteroatoms. The molecule has 1 unspecified atom stereocenters. The fourth-order valence-electron chi connectivity index (χ4n) is 2.20. The highest BCUT2D eigenvalue weighted by atomic mass is 16.5. The number of nitrogens with one attached hydrogen (secondary N) is 1. The largest absolute Gasteiger partial charge is 0.497 e. The zero-order valence-electron chi connectivity index (χ0n) is 13.6. The molecule has 0 fully saturated rings. The van der Waals surface area contributed by atoms with Gasteiger partial charge in [0, 0.05) is 12.1 Å². The molecule has 0 saturated heterocycles. The number of rotatable bonds is 9. The van der Waals surface area contributed by atoms with Crippen LogP contribution >= 0.6 is 0 Å². The van der Waals surface area contributed by atoms with Crippen LogP contribution in [0.3, 0.4) is 0 Å². The summed E-state index contributed by atoms with van der Waals surface area (Å²) >= 11 is 0. The van der Waals surface area contributed by atoms with Crippen molar-refractivity contribution in [1.29, 1.82) is 0 Å². The van der Waals surface area contributed by atoms with Crippen molar-refractivity contribution in [3.05, 3.63) is 29.8 Å². The lowest BCUT2D eigenvalue weighted by Crippen LogP contribution is -2.30. The van der Waals surface area contributed by atoms with Gasteiger partial charge in [0.25, 0.3) is 0 Å². The third-order valence-corrected chi connectivity index (χ3v) is 3.89. The van der Waals surface area contributed by atoms with Crippen LogP contribution in [0.25, 0.3) is 0 Å². The summed E-state index contributed by atoms with van der Waals surface area (Å²) < 4.78 is 5.20. The van der Waals surface area contributed by atoms with Crippen LogP contribution in [0.1, 0.15) is 45.2 Å². The van der Waals surface area contributed by atoms with Gasteiger partial charge in [0.2, 0.25) is 0 Å². The summed E-state index contributed by atoms with van der Waals surface area (Å²) in [5.74, 6) is 0.919. The first-order valence-corrected chi connectivity index (χ1v) is 7.66. The highest BCUT2D eigenvalue weighted by molar-refractivity contribution is 5.29. The Morgan fingerprint density at radius 1 is 1.20 bits per heavy atom. The number of methoxy groups -OCH3 is 1. The van der Waals surface area contributed by atoms with Gasteiger partial charge in [-0.2, -0.15) is 0 Å². The van der Waals surface area contributed by atoms with Gasteiger partial charge in [-0.25, -0.2) is 0 Å². The van der Waals surface area contributed by atoms with Crippen LogP contribution in [-0.4, -0.2) is 38.2 Å². The van der Waals surface area contributed by atoms with Crippen molar-refractivity contribution >= 4 is 0 Å². The van der Waals surface area contributed by atoms with Crippen LogP contribution in [0.15, 0.2) is 24.3 Å². The normalized spacial score (nSPS) is 12.9. The number of ether oxygens (including phenoxy) is 1. The molecule has 1 aromatic carbocycles. The summed E-state index contributed by atoms with van der Waals surface area (Å²) in [6, 6.07) is 9.43. The van der Waals surface area contributed by atoms with Crippen LogP contribution in [0.4, 0.5) is 0 Å². The van der Waals surface area contributed by atoms with E-state index in [1.165, 1.54) is 12.0 Å². The van der Waals surface area contributed by atoms with E-state index in [0.717, 1.165) is 25.3 Å². The molecule has 0 spiro atoms. The minimum atomic E-state index is 0.435. The first-order valence-electron chi connectivity index (χ1n) is 7.66. The van der Waals surface area contributed by atoms with Crippen LogP contribution < -0.4 is 10.1 Å². The van der Waals surface area contributed by atoms with Gasteiger partial charge in [-0.15, -0.1) is 0 Å². The average molecular weight is 278 g/mol. The minimum absolute atomic E-state index is 0.435. The monoisotopic (exact) mass is 278 g/mol. The maximum atomic E-state index is 5.20. The maximum absolute atomic E-state index is 5.20. The molecule has 0 amide bonds. The SMILES string of the molecule is CCC(NCCCN(C)C(C)C)c1ccc(OC)cc1. The van der Waals surface area contributed by atoms with E-state index in [1.54, 1.807) is 7.11 Å². The van der Waals surface area contributed by atoms with Crippen molar-refractivity contribution in [3.8, 4) is 5.75 Å². The molecule has 20 heavy (non-hydrogen) atoms. The highest BCUT2D eigenvalue weighted by Crippen LogP contribution is 2.19. The van der Waals surface area contributed by atoms with E-state index in [9.17, 15) is 0 Å². The van der Waals surface area contributed by atoms with Gasteiger partial charge in [-0.3, -0.25) is 0 Å². The van der Waals surface area contributed by atoms with Crippen molar-refractivity contribution in [2.24, 2.45) is 0 Å². The van der Waals surface area contributed by atoms with Crippen molar-refractivity contribution in [2.75, 3.05) is 27.2 Å². The van der Waals surface area contributed by atoms with Crippen molar-refractivity contribution in [3.63, 3.8) is 0 Å². The van der Waals surface area contributed by atoms with Gasteiger partial charge in [-0.1, -0.05) is 19.1 Å². The quantitative estimate of drug-likeness (QED) is 0.700. The number of benzene rings is 1. The number of nitrogens with zero attached hydrogens (tertiary/aromatic N) is 1. The van der Waals surface area contributed by atoms with Gasteiger partial charge >= 0.3 is 0 Å². The molecule has 1 aromatic rings. The van der Waals surface area contributed by atoms with E-state index in [1.807, 2.05) is 12.1 Å². The first-order chi connectivity index (χ1) is 9.58. The Morgan fingerprint density at radius 2 is 1.85 bits per heavy atom. The van der Waals surface area contributed by atoms with Gasteiger partial charge in [0.05, 0.1) is 7.11 Å². The molecule has 0 aliphatic rings. The van der Waals surface area contributed by atoms with Crippen LogP contribution in [0.5, 0.6) is 5.75 Å². The van der Waals surface area contributed by atoms with Crippen LogP contribution in [0, 0.1) is 0 Å². The molecule has 0 saturated carbocycles. The molecule has 1 atom stereocenters. The topological polar surface area (TPSA) is 24.5 Å².